The quantitative estimate of drug-likeness (QED) is 0.660. The summed E-state index contributed by atoms with van der Waals surface area (Å²) in [5.41, 5.74) is 7.71. The number of hydrogen-bond acceptors (Lipinski definition) is 1. The Kier molecular flexibility index (Phi) is 1.98. The van der Waals surface area contributed by atoms with E-state index < -0.39 is 0 Å². The SMILES string of the molecule is C[n+]1c(CN)[nH]c2cc(Cl)ccc21. The molecule has 0 aliphatic heterocycles. The summed E-state index contributed by atoms with van der Waals surface area (Å²) >= 11 is 5.86. The third kappa shape index (κ3) is 1.30. The lowest BCUT2D eigenvalue weighted by Crippen LogP contribution is -2.33. The van der Waals surface area contributed by atoms with Crippen LogP contribution >= 0.6 is 11.6 Å². The maximum absolute atomic E-state index is 5.86. The topological polar surface area (TPSA) is 45.7 Å². The van der Waals surface area contributed by atoms with Gasteiger partial charge in [-0.1, -0.05) is 11.6 Å². The number of hydrogen-bond donors (Lipinski definition) is 2. The maximum Gasteiger partial charge on any atom is 0.268 e. The summed E-state index contributed by atoms with van der Waals surface area (Å²) in [5.74, 6) is 0.997. The lowest BCUT2D eigenvalue weighted by molar-refractivity contribution is -0.652. The van der Waals surface area contributed by atoms with Gasteiger partial charge in [-0.3, -0.25) is 0 Å². The van der Waals surface area contributed by atoms with Gasteiger partial charge in [0.25, 0.3) is 5.82 Å². The fourth-order valence-corrected chi connectivity index (χ4v) is 1.65. The van der Waals surface area contributed by atoms with Gasteiger partial charge in [-0.2, -0.15) is 0 Å². The predicted octanol–water partition coefficient (Wildman–Crippen LogP) is 1.10. The molecule has 13 heavy (non-hydrogen) atoms. The first kappa shape index (κ1) is 8.53. The second-order valence-corrected chi connectivity index (χ2v) is 3.43. The average Bonchev–Trinajstić information content (AvgIpc) is 2.42. The second-order valence-electron chi connectivity index (χ2n) is 3.00. The molecule has 0 bridgehead atoms. The zero-order chi connectivity index (χ0) is 9.42. The fraction of sp³-hybridized carbons (Fsp3) is 0.222. The second kappa shape index (κ2) is 3.01. The summed E-state index contributed by atoms with van der Waals surface area (Å²) in [5, 5.41) is 0.734. The Balaban J connectivity index is 2.76. The molecule has 3 nitrogen and oxygen atoms in total. The minimum Gasteiger partial charge on any atom is -0.320 e. The van der Waals surface area contributed by atoms with Crippen molar-refractivity contribution in [1.82, 2.24) is 4.98 Å². The summed E-state index contributed by atoms with van der Waals surface area (Å²) in [6.45, 7) is 0.503. The van der Waals surface area contributed by atoms with E-state index in [1.54, 1.807) is 0 Å². The molecule has 0 aliphatic carbocycles. The molecule has 0 radical (unpaired) electrons. The molecule has 1 heterocycles. The molecule has 3 N–H and O–H groups in total. The van der Waals surface area contributed by atoms with E-state index in [0.29, 0.717) is 6.54 Å². The summed E-state index contributed by atoms with van der Waals surface area (Å²) in [6.07, 6.45) is 0. The fourth-order valence-electron chi connectivity index (χ4n) is 1.47. The lowest BCUT2D eigenvalue weighted by Gasteiger charge is -1.89. The number of aromatic nitrogens is 2. The minimum absolute atomic E-state index is 0.503. The highest BCUT2D eigenvalue weighted by molar-refractivity contribution is 6.31. The van der Waals surface area contributed by atoms with Crippen molar-refractivity contribution in [2.24, 2.45) is 12.8 Å². The number of rotatable bonds is 1. The van der Waals surface area contributed by atoms with Gasteiger partial charge < -0.3 is 5.73 Å². The van der Waals surface area contributed by atoms with Gasteiger partial charge in [0.05, 0.1) is 13.6 Å². The van der Waals surface area contributed by atoms with Gasteiger partial charge in [-0.25, -0.2) is 9.55 Å². The van der Waals surface area contributed by atoms with Crippen molar-refractivity contribution < 1.29 is 4.57 Å². The number of halogens is 1. The van der Waals surface area contributed by atoms with Gasteiger partial charge in [0, 0.05) is 11.1 Å². The van der Waals surface area contributed by atoms with E-state index in [4.69, 9.17) is 17.3 Å². The molecule has 1 aromatic heterocycles. The molecule has 0 spiro atoms. The Labute approximate surface area is 81.1 Å². The first-order valence-electron chi connectivity index (χ1n) is 4.08. The molecule has 0 saturated carbocycles. The van der Waals surface area contributed by atoms with Crippen LogP contribution in [-0.4, -0.2) is 4.98 Å². The smallest absolute Gasteiger partial charge is 0.268 e. The lowest BCUT2D eigenvalue weighted by atomic mass is 10.3. The normalized spacial score (nSPS) is 11.0. The zero-order valence-corrected chi connectivity index (χ0v) is 8.10. The van der Waals surface area contributed by atoms with Crippen LogP contribution in [0.1, 0.15) is 5.82 Å². The van der Waals surface area contributed by atoms with Crippen LogP contribution in [0.4, 0.5) is 0 Å². The molecule has 0 unspecified atom stereocenters. The minimum atomic E-state index is 0.503. The van der Waals surface area contributed by atoms with Crippen molar-refractivity contribution in [3.8, 4) is 0 Å². The number of aryl methyl sites for hydroxylation is 1. The van der Waals surface area contributed by atoms with Crippen LogP contribution in [0.3, 0.4) is 0 Å². The Morgan fingerprint density at radius 3 is 3.00 bits per heavy atom. The highest BCUT2D eigenvalue weighted by Gasteiger charge is 2.12. The summed E-state index contributed by atoms with van der Waals surface area (Å²) in [4.78, 5) is 3.21. The number of H-pyrrole nitrogens is 1. The van der Waals surface area contributed by atoms with Gasteiger partial charge in [0.2, 0.25) is 0 Å². The van der Waals surface area contributed by atoms with Gasteiger partial charge in [0.15, 0.2) is 11.0 Å². The third-order valence-corrected chi connectivity index (χ3v) is 2.43. The molecule has 2 rings (SSSR count). The Hall–Kier alpha value is -1.06. The molecule has 4 heteroatoms. The van der Waals surface area contributed by atoms with Crippen molar-refractivity contribution in [1.29, 1.82) is 0 Å². The van der Waals surface area contributed by atoms with Crippen molar-refractivity contribution in [2.75, 3.05) is 0 Å². The Morgan fingerprint density at radius 2 is 2.31 bits per heavy atom. The van der Waals surface area contributed by atoms with Gasteiger partial charge >= 0.3 is 0 Å². The standard InChI is InChI=1S/C9H10ClN3/c1-13-8-3-2-6(10)4-7(8)12-9(13)5-11/h2-4H,5,11H2,1H3/p+1. The molecule has 0 saturated heterocycles. The van der Waals surface area contributed by atoms with Gasteiger partial charge in [-0.15, -0.1) is 0 Å². The van der Waals surface area contributed by atoms with E-state index in [1.165, 1.54) is 0 Å². The predicted molar refractivity (Wildman–Crippen MR) is 52.4 cm³/mol. The number of benzene rings is 1. The number of nitrogens with two attached hydrogens (primary N) is 1. The molecule has 2 aromatic rings. The van der Waals surface area contributed by atoms with Crippen LogP contribution in [0, 0.1) is 0 Å². The number of aromatic amines is 1. The number of imidazole rings is 1. The van der Waals surface area contributed by atoms with E-state index >= 15 is 0 Å². The monoisotopic (exact) mass is 196 g/mol. The van der Waals surface area contributed by atoms with E-state index in [-0.39, 0.29) is 0 Å². The Morgan fingerprint density at radius 1 is 1.54 bits per heavy atom. The van der Waals surface area contributed by atoms with E-state index in [2.05, 4.69) is 4.98 Å². The highest BCUT2D eigenvalue weighted by Crippen LogP contribution is 2.15. The van der Waals surface area contributed by atoms with Gasteiger partial charge in [0.1, 0.15) is 0 Å². The molecule has 0 atom stereocenters. The first-order valence-corrected chi connectivity index (χ1v) is 4.46. The average molecular weight is 197 g/mol. The van der Waals surface area contributed by atoms with Crippen LogP contribution in [0.15, 0.2) is 18.2 Å². The molecular formula is C9H11ClN3+. The molecule has 68 valence electrons. The van der Waals surface area contributed by atoms with Crippen LogP contribution in [-0.2, 0) is 13.6 Å². The van der Waals surface area contributed by atoms with Crippen LogP contribution < -0.4 is 10.3 Å². The van der Waals surface area contributed by atoms with Crippen LogP contribution in [0.25, 0.3) is 11.0 Å². The van der Waals surface area contributed by atoms with Crippen molar-refractivity contribution in [3.63, 3.8) is 0 Å². The summed E-state index contributed by atoms with van der Waals surface area (Å²) < 4.78 is 2.03. The zero-order valence-electron chi connectivity index (χ0n) is 7.34. The van der Waals surface area contributed by atoms with Crippen LogP contribution in [0.2, 0.25) is 5.02 Å². The summed E-state index contributed by atoms with van der Waals surface area (Å²) in [6, 6.07) is 5.75. The molecule has 0 aliphatic rings. The maximum atomic E-state index is 5.86. The van der Waals surface area contributed by atoms with Crippen molar-refractivity contribution in [3.05, 3.63) is 29.0 Å². The largest absolute Gasteiger partial charge is 0.320 e. The third-order valence-electron chi connectivity index (χ3n) is 2.20. The van der Waals surface area contributed by atoms with Crippen LogP contribution in [0.5, 0.6) is 0 Å². The molecular weight excluding hydrogens is 186 g/mol. The van der Waals surface area contributed by atoms with Crippen molar-refractivity contribution >= 4 is 22.6 Å². The number of nitrogens with zero attached hydrogens (tertiary/aromatic N) is 1. The first-order chi connectivity index (χ1) is 6.22. The number of fused-ring (bicyclic) bond motifs is 1. The van der Waals surface area contributed by atoms with Crippen molar-refractivity contribution in [2.45, 2.75) is 6.54 Å². The Bertz CT molecular complexity index is 447. The van der Waals surface area contributed by atoms with E-state index in [0.717, 1.165) is 21.9 Å². The molecule has 0 amide bonds. The highest BCUT2D eigenvalue weighted by atomic mass is 35.5. The van der Waals surface area contributed by atoms with Gasteiger partial charge in [-0.05, 0) is 12.1 Å². The van der Waals surface area contributed by atoms with E-state index in [9.17, 15) is 0 Å². The molecule has 1 aromatic carbocycles. The molecule has 0 fully saturated rings. The summed E-state index contributed by atoms with van der Waals surface area (Å²) in [7, 11) is 1.98. The van der Waals surface area contributed by atoms with E-state index in [1.807, 2.05) is 29.8 Å². The number of nitrogens with one attached hydrogen (secondary N) is 1.